The normalized spacial score (nSPS) is 28.1. The quantitative estimate of drug-likeness (QED) is 0.921. The molecule has 6 heteroatoms. The lowest BCUT2D eigenvalue weighted by atomic mass is 9.87. The highest BCUT2D eigenvalue weighted by atomic mass is 35.5. The molecule has 2 aliphatic rings. The number of carbonyl (C=O) groups excluding carboxylic acids is 1. The van der Waals surface area contributed by atoms with Crippen LogP contribution in [0.1, 0.15) is 19.3 Å². The Labute approximate surface area is 134 Å². The lowest BCUT2D eigenvalue weighted by molar-refractivity contribution is -0.156. The molecule has 1 N–H and O–H groups in total. The number of nitrogens with zero attached hydrogens (tertiary/aromatic N) is 1. The molecule has 2 atom stereocenters. The zero-order valence-electron chi connectivity index (χ0n) is 12.3. The van der Waals surface area contributed by atoms with Crippen molar-refractivity contribution >= 4 is 17.5 Å². The predicted octanol–water partition coefficient (Wildman–Crippen LogP) is 1.86. The Morgan fingerprint density at radius 3 is 3.05 bits per heavy atom. The minimum absolute atomic E-state index is 0.0596. The molecule has 2 saturated heterocycles. The second-order valence-corrected chi connectivity index (χ2v) is 6.26. The van der Waals surface area contributed by atoms with Gasteiger partial charge in [-0.2, -0.15) is 0 Å². The van der Waals surface area contributed by atoms with Crippen LogP contribution in [-0.4, -0.2) is 53.9 Å². The second kappa shape index (κ2) is 6.44. The van der Waals surface area contributed by atoms with Gasteiger partial charge in [0.05, 0.1) is 17.7 Å². The number of benzene rings is 1. The third kappa shape index (κ3) is 3.07. The number of likely N-dealkylation sites (tertiary alicyclic amines) is 1. The molecule has 0 unspecified atom stereocenters. The lowest BCUT2D eigenvalue weighted by Gasteiger charge is -2.43. The van der Waals surface area contributed by atoms with Crippen LogP contribution in [0.4, 0.5) is 0 Å². The average molecular weight is 326 g/mol. The fraction of sp³-hybridized carbons (Fsp3) is 0.562. The van der Waals surface area contributed by atoms with Crippen molar-refractivity contribution in [3.05, 3.63) is 29.3 Å². The SMILES string of the molecule is O=C(COc1ccccc1Cl)N1CC[C@H](O)[C@]2(CCCO2)C1. The first-order valence-electron chi connectivity index (χ1n) is 7.58. The number of rotatable bonds is 3. The molecule has 1 aromatic rings. The maximum atomic E-state index is 12.4. The van der Waals surface area contributed by atoms with E-state index in [4.69, 9.17) is 21.1 Å². The van der Waals surface area contributed by atoms with E-state index in [1.165, 1.54) is 0 Å². The van der Waals surface area contributed by atoms with Crippen molar-refractivity contribution in [1.29, 1.82) is 0 Å². The number of carbonyl (C=O) groups is 1. The molecule has 5 nitrogen and oxygen atoms in total. The van der Waals surface area contributed by atoms with Crippen molar-refractivity contribution < 1.29 is 19.4 Å². The molecule has 2 heterocycles. The number of hydrogen-bond acceptors (Lipinski definition) is 4. The Morgan fingerprint density at radius 1 is 1.50 bits per heavy atom. The van der Waals surface area contributed by atoms with Crippen molar-refractivity contribution in [2.75, 3.05) is 26.3 Å². The van der Waals surface area contributed by atoms with Gasteiger partial charge in [-0.15, -0.1) is 0 Å². The summed E-state index contributed by atoms with van der Waals surface area (Å²) in [6.45, 7) is 1.54. The zero-order valence-corrected chi connectivity index (χ0v) is 13.1. The van der Waals surface area contributed by atoms with Gasteiger partial charge in [-0.3, -0.25) is 4.79 Å². The number of piperidine rings is 1. The number of para-hydroxylation sites is 1. The summed E-state index contributed by atoms with van der Waals surface area (Å²) in [6, 6.07) is 7.08. The molecule has 0 saturated carbocycles. The van der Waals surface area contributed by atoms with Gasteiger partial charge in [-0.1, -0.05) is 23.7 Å². The van der Waals surface area contributed by atoms with E-state index < -0.39 is 11.7 Å². The first-order valence-corrected chi connectivity index (χ1v) is 7.96. The van der Waals surface area contributed by atoms with Crippen molar-refractivity contribution in [3.8, 4) is 5.75 Å². The van der Waals surface area contributed by atoms with Crippen LogP contribution in [0, 0.1) is 0 Å². The van der Waals surface area contributed by atoms with Gasteiger partial charge < -0.3 is 19.5 Å². The monoisotopic (exact) mass is 325 g/mol. The summed E-state index contributed by atoms with van der Waals surface area (Å²) in [5.74, 6) is 0.392. The van der Waals surface area contributed by atoms with Crippen molar-refractivity contribution in [3.63, 3.8) is 0 Å². The molecule has 3 rings (SSSR count). The average Bonchev–Trinajstić information content (AvgIpc) is 2.98. The van der Waals surface area contributed by atoms with Crippen molar-refractivity contribution in [1.82, 2.24) is 4.90 Å². The first-order chi connectivity index (χ1) is 10.6. The smallest absolute Gasteiger partial charge is 0.260 e. The van der Waals surface area contributed by atoms with Crippen LogP contribution in [-0.2, 0) is 9.53 Å². The summed E-state index contributed by atoms with van der Waals surface area (Å²) in [5, 5.41) is 10.7. The number of aliphatic hydroxyl groups excluding tert-OH is 1. The van der Waals surface area contributed by atoms with Crippen LogP contribution < -0.4 is 4.74 Å². The van der Waals surface area contributed by atoms with Crippen LogP contribution >= 0.6 is 11.6 Å². The number of hydrogen-bond donors (Lipinski definition) is 1. The third-order valence-corrected chi connectivity index (χ3v) is 4.72. The van der Waals surface area contributed by atoms with E-state index in [-0.39, 0.29) is 12.5 Å². The molecular weight excluding hydrogens is 306 g/mol. The minimum Gasteiger partial charge on any atom is -0.482 e. The summed E-state index contributed by atoms with van der Waals surface area (Å²) < 4.78 is 11.3. The summed E-state index contributed by atoms with van der Waals surface area (Å²) in [6.07, 6.45) is 1.76. The van der Waals surface area contributed by atoms with E-state index in [2.05, 4.69) is 0 Å². The van der Waals surface area contributed by atoms with Gasteiger partial charge in [-0.05, 0) is 31.4 Å². The van der Waals surface area contributed by atoms with E-state index in [0.29, 0.717) is 36.9 Å². The van der Waals surface area contributed by atoms with Crippen LogP contribution in [0.5, 0.6) is 5.75 Å². The molecule has 0 aromatic heterocycles. The van der Waals surface area contributed by atoms with Gasteiger partial charge in [-0.25, -0.2) is 0 Å². The molecule has 22 heavy (non-hydrogen) atoms. The fourth-order valence-corrected chi connectivity index (χ4v) is 3.35. The Morgan fingerprint density at radius 2 is 2.32 bits per heavy atom. The van der Waals surface area contributed by atoms with Gasteiger partial charge in [0.2, 0.25) is 0 Å². The molecule has 2 aliphatic heterocycles. The van der Waals surface area contributed by atoms with Gasteiger partial charge in [0.25, 0.3) is 5.91 Å². The predicted molar refractivity (Wildman–Crippen MR) is 82.1 cm³/mol. The molecule has 1 spiro atoms. The zero-order chi connectivity index (χ0) is 15.6. The molecule has 2 fully saturated rings. The second-order valence-electron chi connectivity index (χ2n) is 5.86. The summed E-state index contributed by atoms with van der Waals surface area (Å²) in [4.78, 5) is 14.1. The van der Waals surface area contributed by atoms with Gasteiger partial charge in [0.15, 0.2) is 6.61 Å². The molecule has 1 aromatic carbocycles. The van der Waals surface area contributed by atoms with E-state index in [0.717, 1.165) is 12.8 Å². The highest BCUT2D eigenvalue weighted by Crippen LogP contribution is 2.34. The number of halogens is 1. The lowest BCUT2D eigenvalue weighted by Crippen LogP contribution is -2.58. The van der Waals surface area contributed by atoms with Gasteiger partial charge in [0.1, 0.15) is 11.4 Å². The fourth-order valence-electron chi connectivity index (χ4n) is 3.16. The van der Waals surface area contributed by atoms with Crippen LogP contribution in [0.15, 0.2) is 24.3 Å². The number of ether oxygens (including phenoxy) is 2. The number of amides is 1. The maximum absolute atomic E-state index is 12.4. The molecule has 120 valence electrons. The third-order valence-electron chi connectivity index (χ3n) is 4.41. The Balaban J connectivity index is 1.59. The van der Waals surface area contributed by atoms with E-state index >= 15 is 0 Å². The maximum Gasteiger partial charge on any atom is 0.260 e. The molecule has 0 bridgehead atoms. The Kier molecular flexibility index (Phi) is 4.57. The standard InChI is InChI=1S/C16H20ClNO4/c17-12-4-1-2-5-13(12)21-10-15(20)18-8-6-14(19)16(11-18)7-3-9-22-16/h1-2,4-5,14,19H,3,6-11H2/t14-,16-/m0/s1. The topological polar surface area (TPSA) is 59.0 Å². The summed E-state index contributed by atoms with van der Waals surface area (Å²) in [7, 11) is 0. The van der Waals surface area contributed by atoms with Gasteiger partial charge >= 0.3 is 0 Å². The Bertz CT molecular complexity index is 545. The van der Waals surface area contributed by atoms with Crippen LogP contribution in [0.2, 0.25) is 5.02 Å². The Hall–Kier alpha value is -1.30. The highest BCUT2D eigenvalue weighted by Gasteiger charge is 2.47. The van der Waals surface area contributed by atoms with E-state index in [1.54, 1.807) is 17.0 Å². The molecular formula is C16H20ClNO4. The first kappa shape index (κ1) is 15.6. The van der Waals surface area contributed by atoms with Crippen LogP contribution in [0.25, 0.3) is 0 Å². The largest absolute Gasteiger partial charge is 0.482 e. The molecule has 0 aliphatic carbocycles. The number of aliphatic hydroxyl groups is 1. The van der Waals surface area contributed by atoms with Crippen molar-refractivity contribution in [2.45, 2.75) is 31.0 Å². The van der Waals surface area contributed by atoms with E-state index in [1.807, 2.05) is 12.1 Å². The van der Waals surface area contributed by atoms with Crippen molar-refractivity contribution in [2.24, 2.45) is 0 Å². The van der Waals surface area contributed by atoms with E-state index in [9.17, 15) is 9.90 Å². The van der Waals surface area contributed by atoms with Crippen LogP contribution in [0.3, 0.4) is 0 Å². The summed E-state index contributed by atoms with van der Waals surface area (Å²) >= 11 is 6.01. The molecule has 1 amide bonds. The van der Waals surface area contributed by atoms with Gasteiger partial charge in [0, 0.05) is 13.2 Å². The highest BCUT2D eigenvalue weighted by molar-refractivity contribution is 6.32. The summed E-state index contributed by atoms with van der Waals surface area (Å²) in [5.41, 5.74) is -0.585. The minimum atomic E-state index is -0.585. The molecule has 0 radical (unpaired) electrons.